The van der Waals surface area contributed by atoms with Crippen LogP contribution in [0.15, 0.2) is 0 Å². The molecular formula is C17H31N3O2. The van der Waals surface area contributed by atoms with Crippen LogP contribution in [0.5, 0.6) is 0 Å². The van der Waals surface area contributed by atoms with Gasteiger partial charge in [-0.25, -0.2) is 4.79 Å². The molecule has 4 rings (SSSR count). The summed E-state index contributed by atoms with van der Waals surface area (Å²) in [5.41, 5.74) is -0.430. The van der Waals surface area contributed by atoms with Crippen molar-refractivity contribution >= 4 is 6.09 Å². The third kappa shape index (κ3) is 3.11. The van der Waals surface area contributed by atoms with Gasteiger partial charge in [0.25, 0.3) is 0 Å². The Balaban J connectivity index is 1.63. The molecule has 4 aliphatic heterocycles. The van der Waals surface area contributed by atoms with Crippen molar-refractivity contribution < 1.29 is 9.53 Å². The van der Waals surface area contributed by atoms with Crippen LogP contribution in [-0.4, -0.2) is 66.3 Å². The van der Waals surface area contributed by atoms with E-state index in [-0.39, 0.29) is 6.09 Å². The maximum Gasteiger partial charge on any atom is 0.407 e. The number of likely N-dealkylation sites (tertiary alicyclic amines) is 1. The minimum Gasteiger partial charge on any atom is -0.444 e. The second-order valence-corrected chi connectivity index (χ2v) is 8.07. The monoisotopic (exact) mass is 309 g/mol. The molecule has 4 saturated heterocycles. The molecule has 1 amide bonds. The zero-order chi connectivity index (χ0) is 15.9. The number of nitrogens with zero attached hydrogens (tertiary/aromatic N) is 2. The summed E-state index contributed by atoms with van der Waals surface area (Å²) in [5.74, 6) is 1.70. The number of hydrogen-bond acceptors (Lipinski definition) is 4. The minimum absolute atomic E-state index is 0.289. The molecule has 4 heterocycles. The van der Waals surface area contributed by atoms with Crippen molar-refractivity contribution in [2.24, 2.45) is 11.8 Å². The van der Waals surface area contributed by atoms with Gasteiger partial charge in [-0.3, -0.25) is 9.80 Å². The highest BCUT2D eigenvalue weighted by molar-refractivity contribution is 5.67. The Bertz CT molecular complexity index is 413. The van der Waals surface area contributed by atoms with Crippen LogP contribution in [0.25, 0.3) is 0 Å². The number of carbonyl (C=O) groups is 1. The first-order valence-corrected chi connectivity index (χ1v) is 8.84. The lowest BCUT2D eigenvalue weighted by molar-refractivity contribution is 0.00279. The van der Waals surface area contributed by atoms with Crippen molar-refractivity contribution in [3.63, 3.8) is 0 Å². The van der Waals surface area contributed by atoms with E-state index >= 15 is 0 Å². The molecule has 1 N–H and O–H groups in total. The summed E-state index contributed by atoms with van der Waals surface area (Å²) in [7, 11) is 0. The van der Waals surface area contributed by atoms with Crippen LogP contribution in [-0.2, 0) is 4.74 Å². The van der Waals surface area contributed by atoms with Crippen LogP contribution in [0.2, 0.25) is 0 Å². The van der Waals surface area contributed by atoms with E-state index in [9.17, 15) is 4.79 Å². The third-order valence-corrected chi connectivity index (χ3v) is 5.61. The molecule has 0 aromatic carbocycles. The molecule has 0 aliphatic carbocycles. The summed E-state index contributed by atoms with van der Waals surface area (Å²) in [6, 6.07) is 1.06. The Hall–Kier alpha value is -0.810. The molecule has 5 heteroatoms. The lowest BCUT2D eigenvalue weighted by atomic mass is 9.74. The van der Waals surface area contributed by atoms with E-state index in [1.807, 2.05) is 20.8 Å². The molecule has 126 valence electrons. The zero-order valence-corrected chi connectivity index (χ0v) is 14.5. The molecule has 0 aromatic rings. The molecule has 0 spiro atoms. The van der Waals surface area contributed by atoms with Crippen molar-refractivity contribution in [3.8, 4) is 0 Å². The van der Waals surface area contributed by atoms with E-state index in [0.717, 1.165) is 18.4 Å². The van der Waals surface area contributed by atoms with Gasteiger partial charge in [-0.1, -0.05) is 6.92 Å². The van der Waals surface area contributed by atoms with Crippen LogP contribution >= 0.6 is 0 Å². The number of ether oxygens (including phenoxy) is 1. The number of amides is 1. The fourth-order valence-electron chi connectivity index (χ4n) is 4.72. The molecule has 4 aliphatic rings. The van der Waals surface area contributed by atoms with Gasteiger partial charge in [-0.2, -0.15) is 0 Å². The Morgan fingerprint density at radius 1 is 1.27 bits per heavy atom. The number of alkyl carbamates (subject to hydrolysis) is 1. The normalized spacial score (nSPS) is 37.9. The highest BCUT2D eigenvalue weighted by atomic mass is 16.6. The summed E-state index contributed by atoms with van der Waals surface area (Å²) in [6.45, 7) is 13.4. The van der Waals surface area contributed by atoms with Crippen LogP contribution in [0.3, 0.4) is 0 Å². The van der Waals surface area contributed by atoms with E-state index in [1.54, 1.807) is 0 Å². The first-order valence-electron chi connectivity index (χ1n) is 8.84. The fourth-order valence-corrected chi connectivity index (χ4v) is 4.72. The number of carbonyl (C=O) groups excluding carboxylic acids is 1. The van der Waals surface area contributed by atoms with Crippen molar-refractivity contribution in [1.82, 2.24) is 15.1 Å². The molecule has 3 atom stereocenters. The van der Waals surface area contributed by atoms with E-state index in [1.165, 1.54) is 32.5 Å². The summed E-state index contributed by atoms with van der Waals surface area (Å²) in [6.07, 6.45) is 2.44. The predicted molar refractivity (Wildman–Crippen MR) is 86.8 cm³/mol. The lowest BCUT2D eigenvalue weighted by Gasteiger charge is -2.49. The molecule has 5 nitrogen and oxygen atoms in total. The summed E-state index contributed by atoms with van der Waals surface area (Å²) < 4.78 is 5.38. The van der Waals surface area contributed by atoms with Crippen molar-refractivity contribution in [1.29, 1.82) is 0 Å². The van der Waals surface area contributed by atoms with Crippen LogP contribution in [0.1, 0.15) is 40.5 Å². The van der Waals surface area contributed by atoms with Gasteiger partial charge in [-0.05, 0) is 65.1 Å². The summed E-state index contributed by atoms with van der Waals surface area (Å²) >= 11 is 0. The van der Waals surface area contributed by atoms with Gasteiger partial charge < -0.3 is 10.1 Å². The maximum atomic E-state index is 12.0. The quantitative estimate of drug-likeness (QED) is 0.865. The second-order valence-electron chi connectivity index (χ2n) is 8.07. The fraction of sp³-hybridized carbons (Fsp3) is 0.941. The predicted octanol–water partition coefficient (Wildman–Crippen LogP) is 1.93. The van der Waals surface area contributed by atoms with E-state index in [0.29, 0.717) is 18.6 Å². The molecule has 3 unspecified atom stereocenters. The first-order chi connectivity index (χ1) is 10.4. The third-order valence-electron chi connectivity index (χ3n) is 5.61. The maximum absolute atomic E-state index is 12.0. The molecule has 4 fully saturated rings. The number of fused-ring (bicyclic) bond motifs is 2. The largest absolute Gasteiger partial charge is 0.444 e. The van der Waals surface area contributed by atoms with Gasteiger partial charge in [0.05, 0.1) is 0 Å². The summed E-state index contributed by atoms with van der Waals surface area (Å²) in [5, 5.41) is 3.01. The highest BCUT2D eigenvalue weighted by Crippen LogP contribution is 2.43. The number of piperidine rings is 3. The van der Waals surface area contributed by atoms with Crippen LogP contribution in [0.4, 0.5) is 4.79 Å². The van der Waals surface area contributed by atoms with Gasteiger partial charge in [-0.15, -0.1) is 0 Å². The highest BCUT2D eigenvalue weighted by Gasteiger charge is 2.51. The smallest absolute Gasteiger partial charge is 0.407 e. The van der Waals surface area contributed by atoms with E-state index < -0.39 is 5.60 Å². The van der Waals surface area contributed by atoms with Crippen molar-refractivity contribution in [2.75, 3.05) is 32.7 Å². The average molecular weight is 309 g/mol. The van der Waals surface area contributed by atoms with Crippen molar-refractivity contribution in [2.45, 2.75) is 58.2 Å². The van der Waals surface area contributed by atoms with Gasteiger partial charge in [0.2, 0.25) is 0 Å². The molecular weight excluding hydrogens is 278 g/mol. The van der Waals surface area contributed by atoms with Gasteiger partial charge in [0.1, 0.15) is 5.60 Å². The van der Waals surface area contributed by atoms with Crippen LogP contribution < -0.4 is 5.32 Å². The first kappa shape index (κ1) is 16.1. The number of likely N-dealkylation sites (N-methyl/N-ethyl adjacent to an activating group) is 1. The molecule has 0 radical (unpaired) electrons. The molecule has 0 saturated carbocycles. The standard InChI is InChI=1S/C17H31N3O2/c1-5-19-11-13-12-6-8-20(9-7-12)15(13)14(19)10-18-16(21)22-17(2,3)4/h12-15H,5-11H2,1-4H3,(H,18,21). The SMILES string of the molecule is CCN1CC2C3CCN(CC3)C2C1CNC(=O)OC(C)(C)C. The Morgan fingerprint density at radius 2 is 1.95 bits per heavy atom. The van der Waals surface area contributed by atoms with E-state index in [2.05, 4.69) is 22.0 Å². The Morgan fingerprint density at radius 3 is 2.55 bits per heavy atom. The Labute approximate surface area is 134 Å². The van der Waals surface area contributed by atoms with Crippen molar-refractivity contribution in [3.05, 3.63) is 0 Å². The zero-order valence-electron chi connectivity index (χ0n) is 14.5. The average Bonchev–Trinajstić information content (AvgIpc) is 2.85. The lowest BCUT2D eigenvalue weighted by Crippen LogP contribution is -2.59. The second kappa shape index (κ2) is 6.00. The topological polar surface area (TPSA) is 44.8 Å². The number of nitrogens with one attached hydrogen (secondary N) is 1. The summed E-state index contributed by atoms with van der Waals surface area (Å²) in [4.78, 5) is 17.2. The van der Waals surface area contributed by atoms with Crippen LogP contribution in [0, 0.1) is 11.8 Å². The minimum atomic E-state index is -0.430. The number of rotatable bonds is 3. The van der Waals surface area contributed by atoms with Gasteiger partial charge >= 0.3 is 6.09 Å². The molecule has 0 aromatic heterocycles. The van der Waals surface area contributed by atoms with E-state index in [4.69, 9.17) is 4.74 Å². The molecule has 22 heavy (non-hydrogen) atoms. The van der Waals surface area contributed by atoms with Gasteiger partial charge in [0, 0.05) is 25.2 Å². The Kier molecular flexibility index (Phi) is 4.38. The van der Waals surface area contributed by atoms with Gasteiger partial charge in [0.15, 0.2) is 0 Å². The molecule has 2 bridgehead atoms. The number of hydrogen-bond donors (Lipinski definition) is 1.